The highest BCUT2D eigenvalue weighted by Gasteiger charge is 2.79. The van der Waals surface area contributed by atoms with E-state index >= 15 is 4.79 Å². The van der Waals surface area contributed by atoms with Gasteiger partial charge in [0, 0.05) is 93.0 Å². The molecule has 2 heterocycles. The lowest BCUT2D eigenvalue weighted by Gasteiger charge is -2.67. The first-order valence-electron chi connectivity index (χ1n) is 36.4. The molecule has 2 aliphatic heterocycles. The second-order valence-electron chi connectivity index (χ2n) is 30.1. The molecule has 5 unspecified atom stereocenters. The van der Waals surface area contributed by atoms with Crippen LogP contribution in [0.1, 0.15) is 182 Å². The van der Waals surface area contributed by atoms with Crippen molar-refractivity contribution < 1.29 is 131 Å². The number of benzene rings is 5. The lowest BCUT2D eigenvalue weighted by atomic mass is 9.44. The van der Waals surface area contributed by atoms with Crippen molar-refractivity contribution >= 4 is 70.7 Å². The van der Waals surface area contributed by atoms with Crippen LogP contribution >= 0.6 is 0 Å². The summed E-state index contributed by atoms with van der Waals surface area (Å²) in [7, 11) is 1.28. The molecule has 3 amide bonds. The number of carbonyl (C=O) groups excluding carboxylic acids is 12. The number of amides is 3. The van der Waals surface area contributed by atoms with Crippen molar-refractivity contribution in [3.05, 3.63) is 170 Å². The van der Waals surface area contributed by atoms with E-state index in [4.69, 9.17) is 42.6 Å². The van der Waals surface area contributed by atoms with Crippen molar-refractivity contribution in [3.63, 3.8) is 0 Å². The molecule has 2 saturated carbocycles. The van der Waals surface area contributed by atoms with E-state index in [1.165, 1.54) is 96.3 Å². The van der Waals surface area contributed by atoms with Gasteiger partial charge in [-0.25, -0.2) is 9.59 Å². The fourth-order valence-corrected chi connectivity index (χ4v) is 17.2. The normalized spacial score (nSPS) is 29.3. The Bertz CT molecular complexity index is 4640. The highest BCUT2D eigenvalue weighted by molar-refractivity contribution is 6.31. The number of aromatic hydroxyl groups is 2. The summed E-state index contributed by atoms with van der Waals surface area (Å²) in [4.78, 5) is 170. The van der Waals surface area contributed by atoms with Crippen LogP contribution in [-0.4, -0.2) is 200 Å². The Morgan fingerprint density at radius 3 is 1.96 bits per heavy atom. The number of phenols is 2. The zero-order valence-electron chi connectivity index (χ0n) is 62.2. The third-order valence-electron chi connectivity index (χ3n) is 23.1. The number of esters is 5. The Balaban J connectivity index is 0.772. The van der Waals surface area contributed by atoms with Gasteiger partial charge in [-0.1, -0.05) is 92.7 Å². The molecule has 0 aromatic heterocycles. The number of phenolic OH excluding ortho intramolecular Hbond substituents is 2. The van der Waals surface area contributed by atoms with Gasteiger partial charge in [0.2, 0.25) is 17.6 Å². The van der Waals surface area contributed by atoms with Crippen LogP contribution in [0.4, 0.5) is 0 Å². The van der Waals surface area contributed by atoms with Crippen LogP contribution in [0.25, 0.3) is 0 Å². The number of carbonyl (C=O) groups is 12. The number of ether oxygens (including phenoxy) is 9. The minimum atomic E-state index is -2.62. The van der Waals surface area contributed by atoms with Gasteiger partial charge in [-0.2, -0.15) is 0 Å². The summed E-state index contributed by atoms with van der Waals surface area (Å²) in [6.07, 6.45) is -20.5. The summed E-state index contributed by atoms with van der Waals surface area (Å²) in [5.41, 5.74) is -12.8. The number of nitrogens with one attached hydrogen (secondary N) is 3. The molecule has 2 bridgehead atoms. The Morgan fingerprint density at radius 2 is 1.34 bits per heavy atom. The Morgan fingerprint density at radius 1 is 0.703 bits per heavy atom. The van der Waals surface area contributed by atoms with E-state index in [0.29, 0.717) is 0 Å². The molecule has 4 fully saturated rings. The molecule has 5 aromatic rings. The second kappa shape index (κ2) is 30.9. The Labute approximate surface area is 636 Å². The average molecular weight is 1530 g/mol. The summed E-state index contributed by atoms with van der Waals surface area (Å²) < 4.78 is 55.3. The predicted octanol–water partition coefficient (Wildman–Crippen LogP) is 4.77. The van der Waals surface area contributed by atoms with Crippen molar-refractivity contribution in [1.29, 1.82) is 0 Å². The van der Waals surface area contributed by atoms with Crippen molar-refractivity contribution in [2.45, 2.75) is 197 Å². The van der Waals surface area contributed by atoms with Gasteiger partial charge < -0.3 is 89.2 Å². The zero-order chi connectivity index (χ0) is 80.3. The van der Waals surface area contributed by atoms with Gasteiger partial charge in [0.05, 0.1) is 78.0 Å². The predicted molar refractivity (Wildman–Crippen MR) is 383 cm³/mol. The molecule has 9 N–H and O–H groups in total. The van der Waals surface area contributed by atoms with Crippen LogP contribution in [0.15, 0.2) is 120 Å². The van der Waals surface area contributed by atoms with E-state index in [0.717, 1.165) is 20.8 Å². The summed E-state index contributed by atoms with van der Waals surface area (Å²) >= 11 is 0. The number of hydrogen-bond acceptors (Lipinski definition) is 27. The fraction of sp³-hybridized carbons (Fsp3) is 0.457. The number of methoxy groups -OCH3 is 1. The van der Waals surface area contributed by atoms with Crippen molar-refractivity contribution in [2.75, 3.05) is 20.3 Å². The van der Waals surface area contributed by atoms with Crippen LogP contribution in [0.2, 0.25) is 0 Å². The second-order valence-corrected chi connectivity index (χ2v) is 30.1. The van der Waals surface area contributed by atoms with Crippen LogP contribution in [0, 0.1) is 16.7 Å². The van der Waals surface area contributed by atoms with Crippen LogP contribution in [0.5, 0.6) is 17.2 Å². The molecular weight excluding hydrogens is 1450 g/mol. The monoisotopic (exact) mass is 1530 g/mol. The lowest BCUT2D eigenvalue weighted by Crippen LogP contribution is -2.82. The van der Waals surface area contributed by atoms with Gasteiger partial charge in [0.25, 0.3) is 5.91 Å². The van der Waals surface area contributed by atoms with E-state index in [2.05, 4.69) is 16.0 Å². The highest BCUT2D eigenvalue weighted by atomic mass is 16.7. The van der Waals surface area contributed by atoms with E-state index in [-0.39, 0.29) is 62.3 Å². The number of aliphatic hydroxyl groups excluding tert-OH is 2. The van der Waals surface area contributed by atoms with E-state index in [1.54, 1.807) is 54.6 Å². The molecule has 5 aliphatic carbocycles. The van der Waals surface area contributed by atoms with E-state index < -0.39 is 258 Å². The maximum atomic E-state index is 16.6. The quantitative estimate of drug-likeness (QED) is 0.0191. The van der Waals surface area contributed by atoms with Gasteiger partial charge in [0.15, 0.2) is 41.4 Å². The molecule has 7 aliphatic rings. The Kier molecular flexibility index (Phi) is 22.3. The van der Waals surface area contributed by atoms with Gasteiger partial charge >= 0.3 is 29.8 Å². The van der Waals surface area contributed by atoms with Gasteiger partial charge in [0.1, 0.15) is 59.0 Å². The van der Waals surface area contributed by atoms with Crippen molar-refractivity contribution in [2.24, 2.45) is 16.7 Å². The maximum Gasteiger partial charge on any atom is 0.338 e. The van der Waals surface area contributed by atoms with E-state index in [9.17, 15) is 83.4 Å². The number of fused-ring (bicyclic) bond motifs is 8. The average Bonchev–Trinajstić information content (AvgIpc) is 0.666. The molecule has 30 nitrogen and oxygen atoms in total. The molecule has 5 aromatic carbocycles. The molecule has 111 heavy (non-hydrogen) atoms. The third-order valence-corrected chi connectivity index (χ3v) is 23.1. The van der Waals surface area contributed by atoms with Gasteiger partial charge in [-0.05, 0) is 74.7 Å². The molecule has 12 rings (SSSR count). The summed E-state index contributed by atoms with van der Waals surface area (Å²) in [6.45, 7) is 9.44. The zero-order valence-corrected chi connectivity index (χ0v) is 62.2. The topological polar surface area (TPSA) is 445 Å². The molecule has 588 valence electrons. The number of rotatable bonds is 22. The minimum Gasteiger partial charge on any atom is -0.507 e. The number of ketones is 4. The number of hydrogen-bond donors (Lipinski definition) is 9. The maximum absolute atomic E-state index is 16.6. The van der Waals surface area contributed by atoms with Crippen LogP contribution in [0.3, 0.4) is 0 Å². The third kappa shape index (κ3) is 14.5. The van der Waals surface area contributed by atoms with Crippen LogP contribution < -0.4 is 20.7 Å². The largest absolute Gasteiger partial charge is 0.507 e. The van der Waals surface area contributed by atoms with E-state index in [1.807, 2.05) is 0 Å². The molecule has 0 spiro atoms. The molecule has 0 radical (unpaired) electrons. The molecular formula is C81H87N3O27. The standard InChI is InChI=1S/C81H87N3O27/c1-38-50(108-76(100)69(96)63(43-20-13-10-14-21-43)84-74(98)44-22-15-11-16-23-44)36-81(102)73(110-75(99)45-24-17-12-18-25-45)71-78(8,72(97)70(106-41(4)86)62(38)77(81,6)7)52(33-53-80(71,37-104-53)111-42(5)87)109-56(90)30-31-82-54(88)28-29-55(89)83-48-32-57(105-39(2)64(48)91)107-51-35-79(101,40(3)85)34-47-59(51)68(95)61-60(66(47)93)65(92)46-26-19-27-49(103-9)58(46)67(61)94/h10-27,39,48,50-53,57,63-64,69-71,73,91,93,95-96,101-102H,28-37H2,1-9H3,(H,82,88)(H,83,89)(H,84,98)/t39?,48?,50-,51+,52-,53+,57?,63-,64?,69+,70+,71?,73-,78+,79+,80-,81+/m1/s1. The van der Waals surface area contributed by atoms with Gasteiger partial charge in [-0.15, -0.1) is 0 Å². The highest BCUT2D eigenvalue weighted by Crippen LogP contribution is 2.65. The summed E-state index contributed by atoms with van der Waals surface area (Å²) in [6, 6.07) is 25.2. The smallest absolute Gasteiger partial charge is 0.338 e. The van der Waals surface area contributed by atoms with Gasteiger partial charge in [-0.3, -0.25) is 47.9 Å². The molecule has 30 heteroatoms. The fourth-order valence-electron chi connectivity index (χ4n) is 17.2. The molecule has 2 saturated heterocycles. The van der Waals surface area contributed by atoms with Crippen LogP contribution in [-0.2, 0) is 82.7 Å². The first-order chi connectivity index (χ1) is 52.5. The molecule has 17 atom stereocenters. The lowest BCUT2D eigenvalue weighted by molar-refractivity contribution is -0.346. The SMILES string of the molecule is COc1cccc2c1C(=O)c1c(O)c3c(c(O)c1C2=O)C[C@@](O)(C(C)=O)C[C@@H]3OC1CC(NC(=O)CCC(=O)NCCC(=O)O[C@@H]2C[C@@H]3OC[C@]3(OC(C)=O)C3[C@@H](OC(=O)c4ccccc4)[C@@]4(O)C[C@@H](OC(=O)[C@@H](O)[C@H](NC(=O)c5ccccc5)c5ccccc5)C(C)=C([C@H](OC(C)=O)C(=O)[C@]32C)C4(C)C)C(O)C(C)O1. The Hall–Kier alpha value is -10.6. The first-order valence-corrected chi connectivity index (χ1v) is 36.4. The number of Topliss-reactive ketones (excluding diaryl/α,β-unsaturated/α-hetero) is 2. The van der Waals surface area contributed by atoms with Crippen molar-refractivity contribution in [3.8, 4) is 17.2 Å². The minimum absolute atomic E-state index is 0.00947. The summed E-state index contributed by atoms with van der Waals surface area (Å²) in [5.74, 6) is -14.5. The first kappa shape index (κ1) is 79.9. The number of aliphatic hydroxyl groups is 4. The van der Waals surface area contributed by atoms with Crippen molar-refractivity contribution in [1.82, 2.24) is 16.0 Å². The summed E-state index contributed by atoms with van der Waals surface area (Å²) in [5, 5.41) is 81.2.